The van der Waals surface area contributed by atoms with Gasteiger partial charge in [0.1, 0.15) is 11.3 Å². The minimum atomic E-state index is -0.645. The van der Waals surface area contributed by atoms with Gasteiger partial charge in [0.05, 0.1) is 19.2 Å². The molecule has 0 spiro atoms. The number of methoxy groups -OCH3 is 1. The lowest BCUT2D eigenvalue weighted by Crippen LogP contribution is -2.40. The number of benzene rings is 1. The maximum Gasteiger partial charge on any atom is 0.359 e. The molecule has 0 bridgehead atoms. The number of hydrogen-bond donors (Lipinski definition) is 0. The minimum Gasteiger partial charge on any atom is -0.464 e. The first-order valence-corrected chi connectivity index (χ1v) is 10.1. The maximum atomic E-state index is 12.9. The van der Waals surface area contributed by atoms with E-state index in [0.29, 0.717) is 18.2 Å². The molecule has 1 atom stereocenters. The lowest BCUT2D eigenvalue weighted by molar-refractivity contribution is 0.0590. The number of hydrogen-bond acceptors (Lipinski definition) is 9. The summed E-state index contributed by atoms with van der Waals surface area (Å²) < 4.78 is 17.2. The number of carbonyl (C=O) groups excluding carboxylic acids is 1. The van der Waals surface area contributed by atoms with Crippen molar-refractivity contribution in [3.05, 3.63) is 52.0 Å². The van der Waals surface area contributed by atoms with Gasteiger partial charge in [-0.05, 0) is 38.4 Å². The molecule has 31 heavy (non-hydrogen) atoms. The molecule has 1 aliphatic heterocycles. The van der Waals surface area contributed by atoms with Crippen molar-refractivity contribution in [3.63, 3.8) is 0 Å². The number of aromatic nitrogens is 4. The van der Waals surface area contributed by atoms with Crippen molar-refractivity contribution >= 4 is 28.0 Å². The summed E-state index contributed by atoms with van der Waals surface area (Å²) in [6.45, 7) is 3.28. The molecule has 5 rings (SSSR count). The summed E-state index contributed by atoms with van der Waals surface area (Å²) in [7, 11) is 1.27. The molecule has 1 unspecified atom stereocenters. The van der Waals surface area contributed by atoms with Crippen LogP contribution >= 0.6 is 0 Å². The van der Waals surface area contributed by atoms with Crippen molar-refractivity contribution in [2.75, 3.05) is 20.2 Å². The van der Waals surface area contributed by atoms with Crippen LogP contribution in [0.25, 0.3) is 22.0 Å². The first-order chi connectivity index (χ1) is 15.0. The second-order valence-corrected chi connectivity index (χ2v) is 7.68. The number of oxazole rings is 1. The predicted molar refractivity (Wildman–Crippen MR) is 110 cm³/mol. The van der Waals surface area contributed by atoms with E-state index in [1.807, 2.05) is 24.3 Å². The molecule has 0 amide bonds. The SMILES string of the molecule is COC(=O)c1nn(CN2CCCC(c3nc4ccccc4o3)C2)c(=O)c2noc(C)c12. The summed E-state index contributed by atoms with van der Waals surface area (Å²) in [5.74, 6) is 0.508. The Bertz CT molecular complexity index is 1300. The Morgan fingerprint density at radius 2 is 2.16 bits per heavy atom. The number of carbonyl (C=O) groups is 1. The molecule has 0 saturated carbocycles. The van der Waals surface area contributed by atoms with Gasteiger partial charge in [0.25, 0.3) is 5.56 Å². The van der Waals surface area contributed by atoms with E-state index in [0.717, 1.165) is 30.5 Å². The highest BCUT2D eigenvalue weighted by Crippen LogP contribution is 2.29. The van der Waals surface area contributed by atoms with E-state index in [4.69, 9.17) is 13.7 Å². The Morgan fingerprint density at radius 1 is 1.32 bits per heavy atom. The minimum absolute atomic E-state index is 0.0170. The van der Waals surface area contributed by atoms with Crippen molar-refractivity contribution in [2.24, 2.45) is 0 Å². The number of likely N-dealkylation sites (tertiary alicyclic amines) is 1. The van der Waals surface area contributed by atoms with Crippen molar-refractivity contribution in [2.45, 2.75) is 32.4 Å². The van der Waals surface area contributed by atoms with Gasteiger partial charge < -0.3 is 13.7 Å². The van der Waals surface area contributed by atoms with Gasteiger partial charge in [-0.2, -0.15) is 5.10 Å². The van der Waals surface area contributed by atoms with Gasteiger partial charge in [-0.25, -0.2) is 14.5 Å². The lowest BCUT2D eigenvalue weighted by atomic mass is 9.98. The zero-order valence-electron chi connectivity index (χ0n) is 17.2. The molecule has 1 fully saturated rings. The Morgan fingerprint density at radius 3 is 2.97 bits per heavy atom. The van der Waals surface area contributed by atoms with Gasteiger partial charge in [0.15, 0.2) is 22.7 Å². The van der Waals surface area contributed by atoms with Crippen molar-refractivity contribution < 1.29 is 18.5 Å². The fourth-order valence-electron chi connectivity index (χ4n) is 4.11. The van der Waals surface area contributed by atoms with Crippen LogP contribution < -0.4 is 5.56 Å². The van der Waals surface area contributed by atoms with Crippen LogP contribution in [0.15, 0.2) is 38.0 Å². The first kappa shape index (κ1) is 19.4. The van der Waals surface area contributed by atoms with Gasteiger partial charge in [-0.15, -0.1) is 0 Å². The van der Waals surface area contributed by atoms with E-state index in [1.165, 1.54) is 11.8 Å². The number of ether oxygens (including phenoxy) is 1. The van der Waals surface area contributed by atoms with E-state index in [1.54, 1.807) is 6.92 Å². The fourth-order valence-corrected chi connectivity index (χ4v) is 4.11. The van der Waals surface area contributed by atoms with Crippen molar-refractivity contribution in [1.82, 2.24) is 24.8 Å². The van der Waals surface area contributed by atoms with Crippen LogP contribution in [-0.4, -0.2) is 51.0 Å². The predicted octanol–water partition coefficient (Wildman–Crippen LogP) is 2.46. The standard InChI is InChI=1S/C21H21N5O5/c1-12-16-17(24-31-12)20(27)26(23-18(16)21(28)29-2)11-25-9-5-6-13(10-25)19-22-14-7-3-4-8-15(14)30-19/h3-4,7-8,13H,5-6,9-11H2,1-2H3. The zero-order valence-corrected chi connectivity index (χ0v) is 17.2. The fraction of sp³-hybridized carbons (Fsp3) is 0.381. The second-order valence-electron chi connectivity index (χ2n) is 7.68. The summed E-state index contributed by atoms with van der Waals surface area (Å²) in [5.41, 5.74) is 1.27. The van der Waals surface area contributed by atoms with E-state index in [9.17, 15) is 9.59 Å². The number of aryl methyl sites for hydroxylation is 1. The molecule has 4 heterocycles. The maximum absolute atomic E-state index is 12.9. The van der Waals surface area contributed by atoms with Crippen LogP contribution in [0.1, 0.15) is 40.9 Å². The Balaban J connectivity index is 1.44. The second kappa shape index (κ2) is 7.62. The quantitative estimate of drug-likeness (QED) is 0.456. The topological polar surface area (TPSA) is 116 Å². The Labute approximate surface area is 176 Å². The molecule has 160 valence electrons. The average molecular weight is 423 g/mol. The van der Waals surface area contributed by atoms with E-state index in [-0.39, 0.29) is 29.2 Å². The number of piperidine rings is 1. The summed E-state index contributed by atoms with van der Waals surface area (Å²) in [6.07, 6.45) is 1.87. The highest BCUT2D eigenvalue weighted by molar-refractivity contribution is 6.01. The summed E-state index contributed by atoms with van der Waals surface area (Å²) in [6, 6.07) is 7.68. The van der Waals surface area contributed by atoms with Crippen LogP contribution in [0.4, 0.5) is 0 Å². The summed E-state index contributed by atoms with van der Waals surface area (Å²) >= 11 is 0. The number of esters is 1. The smallest absolute Gasteiger partial charge is 0.359 e. The van der Waals surface area contributed by atoms with Crippen LogP contribution in [-0.2, 0) is 11.4 Å². The number of nitrogens with zero attached hydrogens (tertiary/aromatic N) is 5. The first-order valence-electron chi connectivity index (χ1n) is 10.1. The van der Waals surface area contributed by atoms with Crippen LogP contribution in [0.2, 0.25) is 0 Å². The van der Waals surface area contributed by atoms with Crippen molar-refractivity contribution in [3.8, 4) is 0 Å². The van der Waals surface area contributed by atoms with Gasteiger partial charge in [0, 0.05) is 12.5 Å². The summed E-state index contributed by atoms with van der Waals surface area (Å²) in [5, 5.41) is 8.40. The normalized spacial score (nSPS) is 17.4. The molecule has 0 N–H and O–H groups in total. The Hall–Kier alpha value is -3.53. The third-order valence-electron chi connectivity index (χ3n) is 5.64. The number of para-hydroxylation sites is 2. The molecule has 1 aliphatic rings. The number of rotatable bonds is 4. The third kappa shape index (κ3) is 3.38. The van der Waals surface area contributed by atoms with Gasteiger partial charge >= 0.3 is 5.97 Å². The lowest BCUT2D eigenvalue weighted by Gasteiger charge is -2.31. The van der Waals surface area contributed by atoms with Crippen molar-refractivity contribution in [1.29, 1.82) is 0 Å². The summed E-state index contributed by atoms with van der Waals surface area (Å²) in [4.78, 5) is 31.9. The number of fused-ring (bicyclic) bond motifs is 2. The van der Waals surface area contributed by atoms with Gasteiger partial charge in [-0.1, -0.05) is 17.3 Å². The largest absolute Gasteiger partial charge is 0.464 e. The zero-order chi connectivity index (χ0) is 21.5. The highest BCUT2D eigenvalue weighted by Gasteiger charge is 2.28. The van der Waals surface area contributed by atoms with Crippen LogP contribution in [0.5, 0.6) is 0 Å². The van der Waals surface area contributed by atoms with Crippen LogP contribution in [0, 0.1) is 6.92 Å². The van der Waals surface area contributed by atoms with E-state index >= 15 is 0 Å². The van der Waals surface area contributed by atoms with Gasteiger partial charge in [0.2, 0.25) is 0 Å². The monoisotopic (exact) mass is 423 g/mol. The molecule has 10 heteroatoms. The molecule has 3 aromatic heterocycles. The third-order valence-corrected chi connectivity index (χ3v) is 5.64. The molecule has 0 aliphatic carbocycles. The molecule has 1 aromatic carbocycles. The Kier molecular flexibility index (Phi) is 4.78. The molecule has 10 nitrogen and oxygen atoms in total. The molecular weight excluding hydrogens is 402 g/mol. The molecule has 1 saturated heterocycles. The van der Waals surface area contributed by atoms with Gasteiger partial charge in [-0.3, -0.25) is 9.69 Å². The molecular formula is C21H21N5O5. The highest BCUT2D eigenvalue weighted by atomic mass is 16.5. The van der Waals surface area contributed by atoms with E-state index < -0.39 is 11.5 Å². The molecule has 0 radical (unpaired) electrons. The average Bonchev–Trinajstić information content (AvgIpc) is 3.39. The van der Waals surface area contributed by atoms with Crippen LogP contribution in [0.3, 0.4) is 0 Å². The van der Waals surface area contributed by atoms with E-state index in [2.05, 4.69) is 20.1 Å². The molecule has 4 aromatic rings.